The summed E-state index contributed by atoms with van der Waals surface area (Å²) in [7, 11) is 0. The molecule has 1 unspecified atom stereocenters. The van der Waals surface area contributed by atoms with Crippen molar-refractivity contribution in [1.82, 2.24) is 5.32 Å². The average molecular weight is 248 g/mol. The molecule has 1 aromatic rings. The Bertz CT molecular complexity index is 344. The van der Waals surface area contributed by atoms with Gasteiger partial charge in [-0.05, 0) is 62.9 Å². The van der Waals surface area contributed by atoms with Crippen LogP contribution in [0.2, 0.25) is 0 Å². The number of piperidine rings is 1. The second-order valence-corrected chi connectivity index (χ2v) is 5.19. The number of nitrogens with one attached hydrogen (secondary N) is 2. The maximum Gasteiger partial charge on any atom is 0.0471 e. The van der Waals surface area contributed by atoms with Gasteiger partial charge < -0.3 is 15.7 Å². The maximum absolute atomic E-state index is 8.88. The van der Waals surface area contributed by atoms with Gasteiger partial charge in [-0.3, -0.25) is 0 Å². The van der Waals surface area contributed by atoms with Gasteiger partial charge in [0, 0.05) is 18.3 Å². The second-order valence-electron chi connectivity index (χ2n) is 5.19. The van der Waals surface area contributed by atoms with E-state index in [-0.39, 0.29) is 6.61 Å². The van der Waals surface area contributed by atoms with Crippen LogP contribution in [0.25, 0.3) is 0 Å². The first-order chi connectivity index (χ1) is 8.79. The maximum atomic E-state index is 8.88. The third-order valence-electron chi connectivity index (χ3n) is 3.84. The Hall–Kier alpha value is -1.06. The lowest BCUT2D eigenvalue weighted by Gasteiger charge is -2.29. The van der Waals surface area contributed by atoms with Gasteiger partial charge in [-0.15, -0.1) is 0 Å². The summed E-state index contributed by atoms with van der Waals surface area (Å²) >= 11 is 0. The summed E-state index contributed by atoms with van der Waals surface area (Å²) < 4.78 is 0. The van der Waals surface area contributed by atoms with Crippen LogP contribution in [0.1, 0.15) is 25.3 Å². The second kappa shape index (κ2) is 6.76. The number of aliphatic hydroxyl groups is 1. The Balaban J connectivity index is 1.87. The van der Waals surface area contributed by atoms with Crippen LogP contribution in [-0.2, 0) is 6.42 Å². The standard InChI is InChI=1S/C15H24N2O/c1-12(14-6-9-16-10-7-14)17-15-4-2-13(3-5-15)8-11-18/h2-5,12,14,16-18H,6-11H2,1H3. The highest BCUT2D eigenvalue weighted by Crippen LogP contribution is 2.20. The SMILES string of the molecule is CC(Nc1ccc(CCO)cc1)C1CCNCC1. The largest absolute Gasteiger partial charge is 0.396 e. The fourth-order valence-corrected chi connectivity index (χ4v) is 2.62. The molecule has 3 N–H and O–H groups in total. The van der Waals surface area contributed by atoms with Crippen LogP contribution in [0.15, 0.2) is 24.3 Å². The minimum absolute atomic E-state index is 0.220. The van der Waals surface area contributed by atoms with Crippen molar-refractivity contribution in [1.29, 1.82) is 0 Å². The molecule has 0 radical (unpaired) electrons. The summed E-state index contributed by atoms with van der Waals surface area (Å²) in [5.41, 5.74) is 2.38. The van der Waals surface area contributed by atoms with Crippen LogP contribution < -0.4 is 10.6 Å². The monoisotopic (exact) mass is 248 g/mol. The van der Waals surface area contributed by atoms with E-state index < -0.39 is 0 Å². The molecule has 0 amide bonds. The summed E-state index contributed by atoms with van der Waals surface area (Å²) in [6.07, 6.45) is 3.26. The van der Waals surface area contributed by atoms with E-state index >= 15 is 0 Å². The van der Waals surface area contributed by atoms with Gasteiger partial charge in [0.2, 0.25) is 0 Å². The molecule has 18 heavy (non-hydrogen) atoms. The number of benzene rings is 1. The fourth-order valence-electron chi connectivity index (χ4n) is 2.62. The lowest BCUT2D eigenvalue weighted by molar-refractivity contribution is 0.299. The molecule has 0 aromatic heterocycles. The van der Waals surface area contributed by atoms with Crippen molar-refractivity contribution in [3.05, 3.63) is 29.8 Å². The van der Waals surface area contributed by atoms with Gasteiger partial charge in [0.25, 0.3) is 0 Å². The smallest absolute Gasteiger partial charge is 0.0471 e. The lowest BCUT2D eigenvalue weighted by Crippen LogP contribution is -2.36. The molecule has 1 atom stereocenters. The molecule has 0 bridgehead atoms. The molecule has 0 aliphatic carbocycles. The summed E-state index contributed by atoms with van der Waals surface area (Å²) in [4.78, 5) is 0. The number of anilines is 1. The molecule has 1 fully saturated rings. The number of hydrogen-bond donors (Lipinski definition) is 3. The molecule has 2 rings (SSSR count). The summed E-state index contributed by atoms with van der Waals surface area (Å²) in [5.74, 6) is 0.767. The minimum Gasteiger partial charge on any atom is -0.396 e. The Morgan fingerprint density at radius 2 is 1.94 bits per heavy atom. The molecule has 1 aromatic carbocycles. The van der Waals surface area contributed by atoms with Crippen LogP contribution >= 0.6 is 0 Å². The highest BCUT2D eigenvalue weighted by atomic mass is 16.2. The predicted molar refractivity (Wildman–Crippen MR) is 75.9 cm³/mol. The van der Waals surface area contributed by atoms with E-state index in [0.29, 0.717) is 6.04 Å². The van der Waals surface area contributed by atoms with E-state index in [1.165, 1.54) is 24.1 Å². The average Bonchev–Trinajstić information content (AvgIpc) is 2.42. The van der Waals surface area contributed by atoms with E-state index in [9.17, 15) is 0 Å². The number of hydrogen-bond acceptors (Lipinski definition) is 3. The Morgan fingerprint density at radius 3 is 2.56 bits per heavy atom. The molecule has 1 aliphatic heterocycles. The predicted octanol–water partition coefficient (Wildman–Crippen LogP) is 2.02. The Morgan fingerprint density at radius 1 is 1.28 bits per heavy atom. The van der Waals surface area contributed by atoms with Crippen LogP contribution in [0.5, 0.6) is 0 Å². The summed E-state index contributed by atoms with van der Waals surface area (Å²) in [6, 6.07) is 8.93. The topological polar surface area (TPSA) is 44.3 Å². The molecule has 3 nitrogen and oxygen atoms in total. The van der Waals surface area contributed by atoms with Gasteiger partial charge in [-0.2, -0.15) is 0 Å². The van der Waals surface area contributed by atoms with Gasteiger partial charge in [-0.25, -0.2) is 0 Å². The lowest BCUT2D eigenvalue weighted by atomic mass is 9.91. The van der Waals surface area contributed by atoms with Crippen LogP contribution in [0.4, 0.5) is 5.69 Å². The minimum atomic E-state index is 0.220. The molecule has 3 heteroatoms. The highest BCUT2D eigenvalue weighted by Gasteiger charge is 2.19. The third-order valence-corrected chi connectivity index (χ3v) is 3.84. The van der Waals surface area contributed by atoms with Crippen LogP contribution in [0.3, 0.4) is 0 Å². The van der Waals surface area contributed by atoms with Gasteiger partial charge in [0.05, 0.1) is 0 Å². The van der Waals surface area contributed by atoms with Crippen molar-refractivity contribution < 1.29 is 5.11 Å². The molecule has 1 heterocycles. The van der Waals surface area contributed by atoms with Crippen molar-refractivity contribution in [2.24, 2.45) is 5.92 Å². The number of aliphatic hydroxyl groups excluding tert-OH is 1. The molecule has 0 saturated carbocycles. The molecule has 1 aliphatic rings. The quantitative estimate of drug-likeness (QED) is 0.747. The Kier molecular flexibility index (Phi) is 5.02. The van der Waals surface area contributed by atoms with Crippen LogP contribution in [0, 0.1) is 5.92 Å². The van der Waals surface area contributed by atoms with Gasteiger partial charge in [0.15, 0.2) is 0 Å². The van der Waals surface area contributed by atoms with E-state index in [2.05, 4.69) is 41.8 Å². The van der Waals surface area contributed by atoms with Crippen molar-refractivity contribution in [2.45, 2.75) is 32.2 Å². The molecular weight excluding hydrogens is 224 g/mol. The van der Waals surface area contributed by atoms with E-state index in [1.54, 1.807) is 0 Å². The summed E-state index contributed by atoms with van der Waals surface area (Å²) in [6.45, 7) is 4.79. The van der Waals surface area contributed by atoms with E-state index in [0.717, 1.165) is 25.4 Å². The van der Waals surface area contributed by atoms with Gasteiger partial charge >= 0.3 is 0 Å². The highest BCUT2D eigenvalue weighted by molar-refractivity contribution is 5.45. The molecular formula is C15H24N2O. The first kappa shape index (κ1) is 13.4. The molecule has 0 spiro atoms. The van der Waals surface area contributed by atoms with Gasteiger partial charge in [-0.1, -0.05) is 12.1 Å². The Labute approximate surface area is 110 Å². The first-order valence-electron chi connectivity index (χ1n) is 6.96. The summed E-state index contributed by atoms with van der Waals surface area (Å²) in [5, 5.41) is 15.9. The zero-order chi connectivity index (χ0) is 12.8. The fraction of sp³-hybridized carbons (Fsp3) is 0.600. The van der Waals surface area contributed by atoms with E-state index in [4.69, 9.17) is 5.11 Å². The van der Waals surface area contributed by atoms with Crippen LogP contribution in [-0.4, -0.2) is 30.8 Å². The van der Waals surface area contributed by atoms with Crippen molar-refractivity contribution in [2.75, 3.05) is 25.0 Å². The first-order valence-corrected chi connectivity index (χ1v) is 6.96. The third kappa shape index (κ3) is 3.72. The number of rotatable bonds is 5. The van der Waals surface area contributed by atoms with E-state index in [1.807, 2.05) is 0 Å². The molecule has 100 valence electrons. The normalized spacial score (nSPS) is 18.6. The van der Waals surface area contributed by atoms with Crippen molar-refractivity contribution in [3.63, 3.8) is 0 Å². The van der Waals surface area contributed by atoms with Gasteiger partial charge in [0.1, 0.15) is 0 Å². The zero-order valence-corrected chi connectivity index (χ0v) is 11.2. The van der Waals surface area contributed by atoms with Crippen molar-refractivity contribution >= 4 is 5.69 Å². The van der Waals surface area contributed by atoms with Crippen molar-refractivity contribution in [3.8, 4) is 0 Å². The zero-order valence-electron chi connectivity index (χ0n) is 11.2. The molecule has 1 saturated heterocycles.